The Labute approximate surface area is 232 Å². The molecule has 0 radical (unpaired) electrons. The van der Waals surface area contributed by atoms with E-state index in [0.717, 1.165) is 41.8 Å². The fourth-order valence-electron chi connectivity index (χ4n) is 5.23. The molecule has 2 aliphatic rings. The number of carbonyl (C=O) groups excluding carboxylic acids is 3. The van der Waals surface area contributed by atoms with Crippen LogP contribution in [0.5, 0.6) is 0 Å². The number of hydrogen-bond acceptors (Lipinski definition) is 7. The van der Waals surface area contributed by atoms with E-state index in [1.807, 2.05) is 42.9 Å². The third kappa shape index (κ3) is 6.22. The number of imidazole rings is 1. The van der Waals surface area contributed by atoms with Crippen molar-refractivity contribution in [3.63, 3.8) is 0 Å². The van der Waals surface area contributed by atoms with E-state index in [-0.39, 0.29) is 30.7 Å². The number of amides is 2. The van der Waals surface area contributed by atoms with Crippen molar-refractivity contribution in [1.82, 2.24) is 24.9 Å². The highest BCUT2D eigenvalue weighted by Crippen LogP contribution is 2.25. The van der Waals surface area contributed by atoms with E-state index in [0.29, 0.717) is 30.3 Å². The van der Waals surface area contributed by atoms with Gasteiger partial charge in [-0.2, -0.15) is 0 Å². The molecule has 0 bridgehead atoms. The van der Waals surface area contributed by atoms with Crippen LogP contribution in [0.1, 0.15) is 29.9 Å². The number of rotatable bonds is 10. The Morgan fingerprint density at radius 2 is 2.08 bits per heavy atom. The third-order valence-corrected chi connectivity index (χ3v) is 7.40. The first kappa shape index (κ1) is 27.1. The van der Waals surface area contributed by atoms with Gasteiger partial charge in [-0.15, -0.1) is 0 Å². The number of methoxy groups -OCH3 is 1. The van der Waals surface area contributed by atoms with E-state index >= 15 is 0 Å². The number of aldehydes is 1. The van der Waals surface area contributed by atoms with E-state index < -0.39 is 6.04 Å². The first-order valence-corrected chi connectivity index (χ1v) is 13.4. The predicted molar refractivity (Wildman–Crippen MR) is 146 cm³/mol. The summed E-state index contributed by atoms with van der Waals surface area (Å²) in [5.74, 6) is 0.775. The molecule has 1 aliphatic heterocycles. The SMILES string of the molecule is COC1=CCC(Cn2cncc2-c2ccc(CNC(=O)[C@@H]3CC(C=O)CN3C(=O)Cc3cc(C)no3)cc2)C=C1. The molecule has 3 heterocycles. The number of benzene rings is 1. The van der Waals surface area contributed by atoms with Gasteiger partial charge in [0.2, 0.25) is 11.8 Å². The molecule has 5 rings (SSSR count). The lowest BCUT2D eigenvalue weighted by Crippen LogP contribution is -2.46. The average Bonchev–Trinajstić information content (AvgIpc) is 3.72. The number of hydrogen-bond donors (Lipinski definition) is 1. The molecule has 10 heteroatoms. The minimum atomic E-state index is -0.705. The summed E-state index contributed by atoms with van der Waals surface area (Å²) in [5.41, 5.74) is 3.66. The monoisotopic (exact) mass is 543 g/mol. The highest BCUT2D eigenvalue weighted by molar-refractivity contribution is 5.89. The topological polar surface area (TPSA) is 120 Å². The van der Waals surface area contributed by atoms with Gasteiger partial charge in [0.25, 0.3) is 0 Å². The number of nitrogens with one attached hydrogen (secondary N) is 1. The van der Waals surface area contributed by atoms with Gasteiger partial charge in [-0.05, 0) is 49.0 Å². The molecule has 1 aliphatic carbocycles. The molecule has 0 saturated carbocycles. The molecule has 2 unspecified atom stereocenters. The molecule has 0 spiro atoms. The Morgan fingerprint density at radius 3 is 2.75 bits per heavy atom. The molecular formula is C30H33N5O5. The van der Waals surface area contributed by atoms with E-state index in [1.54, 1.807) is 20.1 Å². The average molecular weight is 544 g/mol. The first-order chi connectivity index (χ1) is 19.4. The number of nitrogens with zero attached hydrogens (tertiary/aromatic N) is 4. The number of carbonyl (C=O) groups is 3. The largest absolute Gasteiger partial charge is 0.497 e. The molecule has 208 valence electrons. The lowest BCUT2D eigenvalue weighted by atomic mass is 9.99. The van der Waals surface area contributed by atoms with Crippen molar-refractivity contribution in [1.29, 1.82) is 0 Å². The highest BCUT2D eigenvalue weighted by atomic mass is 16.5. The zero-order valence-electron chi connectivity index (χ0n) is 22.7. The number of ether oxygens (including phenoxy) is 1. The molecule has 10 nitrogen and oxygen atoms in total. The summed E-state index contributed by atoms with van der Waals surface area (Å²) in [5, 5.41) is 6.75. The Morgan fingerprint density at radius 1 is 1.25 bits per heavy atom. The van der Waals surface area contributed by atoms with Gasteiger partial charge in [-0.3, -0.25) is 9.59 Å². The van der Waals surface area contributed by atoms with Crippen LogP contribution in [0, 0.1) is 18.8 Å². The smallest absolute Gasteiger partial charge is 0.243 e. The van der Waals surface area contributed by atoms with Crippen molar-refractivity contribution in [2.75, 3.05) is 13.7 Å². The fraction of sp³-hybridized carbons (Fsp3) is 0.367. The van der Waals surface area contributed by atoms with Crippen molar-refractivity contribution in [3.05, 3.63) is 83.9 Å². The second-order valence-corrected chi connectivity index (χ2v) is 10.3. The molecule has 1 N–H and O–H groups in total. The third-order valence-electron chi connectivity index (χ3n) is 7.40. The van der Waals surface area contributed by atoms with Gasteiger partial charge in [-0.1, -0.05) is 35.5 Å². The maximum Gasteiger partial charge on any atom is 0.243 e. The summed E-state index contributed by atoms with van der Waals surface area (Å²) in [6.07, 6.45) is 12.0. The second kappa shape index (κ2) is 12.1. The summed E-state index contributed by atoms with van der Waals surface area (Å²) in [6.45, 7) is 3.12. The maximum atomic E-state index is 13.1. The molecule has 1 aromatic carbocycles. The molecule has 2 amide bonds. The molecule has 40 heavy (non-hydrogen) atoms. The van der Waals surface area contributed by atoms with E-state index in [9.17, 15) is 14.4 Å². The van der Waals surface area contributed by atoms with Crippen LogP contribution in [0.4, 0.5) is 0 Å². The molecule has 2 aromatic heterocycles. The Hall–Kier alpha value is -4.47. The summed E-state index contributed by atoms with van der Waals surface area (Å²) in [7, 11) is 1.68. The maximum absolute atomic E-state index is 13.1. The van der Waals surface area contributed by atoms with Crippen LogP contribution < -0.4 is 5.32 Å². The van der Waals surface area contributed by atoms with E-state index in [1.165, 1.54) is 4.90 Å². The standard InChI is InChI=1S/C30H33N5O5/c1-20-11-26(40-33-20)13-29(37)35-17-23(18-36)12-27(35)30(38)32-14-21-3-7-24(8-4-21)28-15-31-19-34(28)16-22-5-9-25(39-2)10-6-22/h3-5,7-11,15,18-19,22-23,27H,6,12-14,16-17H2,1-2H3,(H,32,38)/t22?,23?,27-/m0/s1. The summed E-state index contributed by atoms with van der Waals surface area (Å²) < 4.78 is 12.6. The summed E-state index contributed by atoms with van der Waals surface area (Å²) >= 11 is 0. The highest BCUT2D eigenvalue weighted by Gasteiger charge is 2.39. The number of aryl methyl sites for hydroxylation is 1. The van der Waals surface area contributed by atoms with E-state index in [2.05, 4.69) is 32.2 Å². The van der Waals surface area contributed by atoms with Gasteiger partial charge in [0.15, 0.2) is 0 Å². The Kier molecular flexibility index (Phi) is 8.23. The van der Waals surface area contributed by atoms with Crippen molar-refractivity contribution < 1.29 is 23.6 Å². The van der Waals surface area contributed by atoms with Crippen LogP contribution in [0.25, 0.3) is 11.3 Å². The molecule has 1 saturated heterocycles. The Bertz CT molecular complexity index is 1420. The van der Waals surface area contributed by atoms with Crippen molar-refractivity contribution >= 4 is 18.1 Å². The minimum absolute atomic E-state index is 0.00380. The zero-order valence-corrected chi connectivity index (χ0v) is 22.7. The summed E-state index contributed by atoms with van der Waals surface area (Å²) in [4.78, 5) is 43.3. The van der Waals surface area contributed by atoms with Gasteiger partial charge in [0.1, 0.15) is 23.8 Å². The van der Waals surface area contributed by atoms with Crippen molar-refractivity contribution in [2.24, 2.45) is 11.8 Å². The quantitative estimate of drug-likeness (QED) is 0.390. The van der Waals surface area contributed by atoms with Crippen LogP contribution in [0.3, 0.4) is 0 Å². The number of likely N-dealkylation sites (tertiary alicyclic amines) is 1. The van der Waals surface area contributed by atoms with Crippen LogP contribution >= 0.6 is 0 Å². The Balaban J connectivity index is 1.18. The lowest BCUT2D eigenvalue weighted by Gasteiger charge is -2.23. The number of aromatic nitrogens is 3. The van der Waals surface area contributed by atoms with Crippen LogP contribution in [-0.2, 0) is 38.6 Å². The summed E-state index contributed by atoms with van der Waals surface area (Å²) in [6, 6.07) is 8.96. The van der Waals surface area contributed by atoms with Crippen molar-refractivity contribution in [2.45, 2.75) is 45.3 Å². The first-order valence-electron chi connectivity index (χ1n) is 13.4. The van der Waals surface area contributed by atoms with Gasteiger partial charge in [0.05, 0.1) is 37.4 Å². The van der Waals surface area contributed by atoms with Gasteiger partial charge in [-0.25, -0.2) is 4.98 Å². The van der Waals surface area contributed by atoms with E-state index in [4.69, 9.17) is 9.26 Å². The normalized spacial score (nSPS) is 20.3. The fourth-order valence-corrected chi connectivity index (χ4v) is 5.23. The van der Waals surface area contributed by atoms with Gasteiger partial charge < -0.3 is 28.8 Å². The van der Waals surface area contributed by atoms with Crippen molar-refractivity contribution in [3.8, 4) is 11.3 Å². The second-order valence-electron chi connectivity index (χ2n) is 10.3. The molecule has 1 fully saturated rings. The van der Waals surface area contributed by atoms with Crippen LogP contribution in [0.2, 0.25) is 0 Å². The molecular weight excluding hydrogens is 510 g/mol. The lowest BCUT2D eigenvalue weighted by molar-refractivity contribution is -0.138. The van der Waals surface area contributed by atoms with Gasteiger partial charge in [0, 0.05) is 31.6 Å². The van der Waals surface area contributed by atoms with Crippen LogP contribution in [0.15, 0.2) is 71.4 Å². The zero-order chi connectivity index (χ0) is 28.1. The number of allylic oxidation sites excluding steroid dienone is 3. The predicted octanol–water partition coefficient (Wildman–Crippen LogP) is 3.23. The van der Waals surface area contributed by atoms with Crippen LogP contribution in [-0.4, -0.2) is 57.4 Å². The molecule has 3 aromatic rings. The molecule has 3 atom stereocenters. The van der Waals surface area contributed by atoms with Gasteiger partial charge >= 0.3 is 0 Å². The minimum Gasteiger partial charge on any atom is -0.497 e.